The fourth-order valence-electron chi connectivity index (χ4n) is 9.48. The topological polar surface area (TPSA) is 550 Å². The Balaban J connectivity index is 0.000000244. The summed E-state index contributed by atoms with van der Waals surface area (Å²) >= 11 is 15.3. The predicted molar refractivity (Wildman–Crippen MR) is 443 cm³/mol. The number of phenols is 4. The summed E-state index contributed by atoms with van der Waals surface area (Å²) in [6.45, 7) is 8.71. The number of aliphatic hydroxyl groups excluding tert-OH is 1. The minimum atomic E-state index is -1.24. The number of ether oxygens (including phenoxy) is 8. The standard InChI is InChI=1S/C32H20F2N4O12.C22H12F2N4O4.C8H4Cl2O2.C8H11ClO4.C7H7FN2O2.C7H4FNO.CH4O/c1-3-25(39)43-15-45-31(41)47-19-9-11-21(23(33)13-19)27-35-29(49-37-27)17-5-7-18(8-6-17)30-36-28(38-50-30)22-12-10-20(14-24(22)34)48-32(42)46-16-44-26(40)4-2;23-17-9-13(29)5-7-15(17)19-25-21(31-27-19)11-1-2-12(4-3-11)22-26-20(28-32-22)16-8-6-14(30)10-18(16)24;9-7(11)5-1-2-6(4-3-5)8(10)12;1-2-7(10)12-5-3-4-6-13-8(9)11;8-6-3-4(11)1-2-5(6)7(9)10-12;8-7-3-6(10)2-1-5(7)4-9;1-2/h3-14H,1-2,15-16H2;1-10,29-30H;1-4H;2H,1,3-6H2;1-3,11-12H,(H2,9,10);1-3,10H;2H,1H3. The largest absolute Gasteiger partial charge is 0.516 e. The quantitative estimate of drug-likeness (QED) is 0.00227. The molecule has 0 bridgehead atoms. The molecule has 0 amide bonds. The molecule has 0 saturated carbocycles. The smallest absolute Gasteiger partial charge is 0.508 e. The van der Waals surface area contributed by atoms with Crippen LogP contribution in [0.4, 0.5) is 40.7 Å². The highest BCUT2D eigenvalue weighted by Gasteiger charge is 2.23. The first kappa shape index (κ1) is 101. The number of carbonyl (C=O) groups is 8. The average Bonchev–Trinajstić information content (AvgIpc) is 1.69. The van der Waals surface area contributed by atoms with Crippen molar-refractivity contribution in [2.75, 3.05) is 33.9 Å². The van der Waals surface area contributed by atoms with E-state index in [1.54, 1.807) is 54.6 Å². The number of nitrogens with two attached hydrogens (primary N) is 1. The van der Waals surface area contributed by atoms with Gasteiger partial charge in [0.15, 0.2) is 5.84 Å². The number of benzene rings is 9. The zero-order valence-electron chi connectivity index (χ0n) is 66.7. The molecule has 0 aliphatic rings. The van der Waals surface area contributed by atoms with E-state index in [0.29, 0.717) is 52.8 Å². The highest BCUT2D eigenvalue weighted by Crippen LogP contribution is 2.34. The molecule has 0 fully saturated rings. The van der Waals surface area contributed by atoms with Gasteiger partial charge in [-0.3, -0.25) is 9.59 Å². The number of rotatable bonds is 25. The maximum Gasteiger partial charge on any atom is 0.516 e. The number of nitrogens with zero attached hydrogens (tertiary/aromatic N) is 10. The summed E-state index contributed by atoms with van der Waals surface area (Å²) in [5.74, 6) is -7.75. The number of phenolic OH excluding ortho intramolecular Hbond substituents is 4. The van der Waals surface area contributed by atoms with Gasteiger partial charge in [0.05, 0.1) is 46.6 Å². The molecule has 676 valence electrons. The Bertz CT molecular complexity index is 6010. The summed E-state index contributed by atoms with van der Waals surface area (Å²) in [7, 11) is 1.00. The molecular weight excluding hydrogens is 1810 g/mol. The van der Waals surface area contributed by atoms with E-state index in [0.717, 1.165) is 61.7 Å². The van der Waals surface area contributed by atoms with Crippen LogP contribution in [0.2, 0.25) is 0 Å². The molecule has 0 unspecified atom stereocenters. The third-order valence-corrected chi connectivity index (χ3v) is 16.2. The number of carbonyl (C=O) groups excluding carboxylic acids is 8. The maximum atomic E-state index is 14.8. The molecule has 0 atom stereocenters. The van der Waals surface area contributed by atoms with Gasteiger partial charge in [-0.1, -0.05) is 45.5 Å². The van der Waals surface area contributed by atoms with Gasteiger partial charge in [-0.2, -0.15) is 25.2 Å². The van der Waals surface area contributed by atoms with Gasteiger partial charge < -0.3 is 92.5 Å². The van der Waals surface area contributed by atoms with Gasteiger partial charge in [-0.05, 0) is 182 Å². The minimum absolute atomic E-state index is 0.0408. The molecule has 13 aromatic rings. The number of esters is 3. The molecule has 0 aliphatic carbocycles. The van der Waals surface area contributed by atoms with E-state index in [4.69, 9.17) is 93.9 Å². The zero-order chi connectivity index (χ0) is 95.8. The Morgan fingerprint density at radius 2 is 0.725 bits per heavy atom. The van der Waals surface area contributed by atoms with Crippen LogP contribution in [0.25, 0.3) is 91.4 Å². The van der Waals surface area contributed by atoms with Crippen LogP contribution in [0.15, 0.2) is 243 Å². The molecule has 46 heteroatoms. The molecule has 0 spiro atoms. The number of unbranched alkanes of at least 4 members (excludes halogenated alkanes) is 1. The van der Waals surface area contributed by atoms with Gasteiger partial charge in [0, 0.05) is 107 Å². The van der Waals surface area contributed by atoms with Gasteiger partial charge in [0.1, 0.15) is 75.5 Å². The predicted octanol–water partition coefficient (Wildman–Crippen LogP) is 16.6. The molecule has 13 rings (SSSR count). The van der Waals surface area contributed by atoms with Crippen LogP contribution in [-0.2, 0) is 42.8 Å². The van der Waals surface area contributed by atoms with Crippen LogP contribution in [0.3, 0.4) is 0 Å². The summed E-state index contributed by atoms with van der Waals surface area (Å²) in [5, 5.41) is 76.3. The Morgan fingerprint density at radius 3 is 1.02 bits per heavy atom. The van der Waals surface area contributed by atoms with Crippen molar-refractivity contribution in [1.29, 1.82) is 5.26 Å². The van der Waals surface area contributed by atoms with Gasteiger partial charge in [0.2, 0.25) is 36.9 Å². The van der Waals surface area contributed by atoms with Crippen molar-refractivity contribution in [3.05, 3.63) is 277 Å². The monoisotopic (exact) mass is 1870 g/mol. The van der Waals surface area contributed by atoms with E-state index in [1.165, 1.54) is 97.1 Å². The SMILES string of the molecule is C=CC(=O)OCCCCOC(=O)Cl.C=CC(=O)OCOC(=O)Oc1ccc(-c2noc(-c3ccc(-c4nc(-c5ccc(OC(=O)OCOC(=O)C=C)cc5F)no4)cc3)n2)c(F)c1.CO.N#Cc1ccc(O)cc1F.N/C(=N/O)c1ccc(O)cc1F.O=C(Cl)c1ccc(C(=O)Cl)cc1.Oc1ccc(-c2noc(-c3ccc(-c4nc(-c5ccc(O)cc5F)no4)cc3)n2)c(F)c1. The second kappa shape index (κ2) is 50.7. The summed E-state index contributed by atoms with van der Waals surface area (Å²) in [6.07, 6.45) is 1.61. The summed E-state index contributed by atoms with van der Waals surface area (Å²) in [6, 6.07) is 41.3. The Hall–Kier alpha value is -17.1. The first-order valence-electron chi connectivity index (χ1n) is 36.1. The first-order valence-corrected chi connectivity index (χ1v) is 37.2. The molecule has 9 aromatic carbocycles. The Kier molecular flexibility index (Phi) is 39.1. The fraction of sp³-hybridized carbons (Fsp3) is 0.0824. The molecule has 131 heavy (non-hydrogen) atoms. The van der Waals surface area contributed by atoms with Crippen LogP contribution < -0.4 is 15.2 Å². The van der Waals surface area contributed by atoms with Crippen molar-refractivity contribution in [1.82, 2.24) is 40.6 Å². The van der Waals surface area contributed by atoms with Crippen molar-refractivity contribution in [2.24, 2.45) is 10.9 Å². The van der Waals surface area contributed by atoms with E-state index in [2.05, 4.69) is 93.9 Å². The average molecular weight is 1870 g/mol. The van der Waals surface area contributed by atoms with Gasteiger partial charge >= 0.3 is 35.6 Å². The number of halogens is 9. The highest BCUT2D eigenvalue weighted by molar-refractivity contribution is 6.68. The normalized spacial score (nSPS) is 10.2. The zero-order valence-corrected chi connectivity index (χ0v) is 69.0. The lowest BCUT2D eigenvalue weighted by atomic mass is 10.1. The van der Waals surface area contributed by atoms with Crippen molar-refractivity contribution in [3.63, 3.8) is 0 Å². The number of aliphatic hydroxyl groups is 1. The number of oxime groups is 1. The third kappa shape index (κ3) is 31.5. The van der Waals surface area contributed by atoms with Crippen molar-refractivity contribution >= 4 is 86.8 Å². The van der Waals surface area contributed by atoms with Crippen LogP contribution in [0, 0.1) is 46.2 Å². The summed E-state index contributed by atoms with van der Waals surface area (Å²) < 4.78 is 141. The number of aromatic hydroxyl groups is 4. The van der Waals surface area contributed by atoms with Crippen molar-refractivity contribution < 1.29 is 151 Å². The van der Waals surface area contributed by atoms with Crippen LogP contribution in [-0.4, -0.2) is 157 Å². The Morgan fingerprint density at radius 1 is 0.420 bits per heavy atom. The minimum Gasteiger partial charge on any atom is -0.508 e. The second-order valence-electron chi connectivity index (χ2n) is 24.2. The fourth-order valence-corrected chi connectivity index (χ4v) is 9.81. The lowest BCUT2D eigenvalue weighted by Crippen LogP contribution is -2.15. The Labute approximate surface area is 747 Å². The molecule has 0 saturated heterocycles. The van der Waals surface area contributed by atoms with E-state index < -0.39 is 94.6 Å². The maximum absolute atomic E-state index is 14.8. The summed E-state index contributed by atoms with van der Waals surface area (Å²) in [5.41, 5.74) is 6.99. The molecular formula is C85H62Cl3F6N11O26. The van der Waals surface area contributed by atoms with Crippen LogP contribution in [0.1, 0.15) is 44.7 Å². The van der Waals surface area contributed by atoms with E-state index >= 15 is 0 Å². The molecule has 4 heterocycles. The lowest BCUT2D eigenvalue weighted by Gasteiger charge is -2.06. The number of aromatic nitrogens is 8. The number of nitriles is 1. The van der Waals surface area contributed by atoms with Gasteiger partial charge in [0.25, 0.3) is 34.0 Å². The lowest BCUT2D eigenvalue weighted by molar-refractivity contribution is -0.147. The van der Waals surface area contributed by atoms with E-state index in [9.17, 15) is 74.9 Å². The number of amidine groups is 1. The molecule has 37 nitrogen and oxygen atoms in total. The van der Waals surface area contributed by atoms with Crippen molar-refractivity contribution in [2.45, 2.75) is 12.8 Å². The van der Waals surface area contributed by atoms with Crippen LogP contribution >= 0.6 is 34.8 Å². The second-order valence-corrected chi connectivity index (χ2v) is 25.2. The molecule has 4 aromatic heterocycles. The van der Waals surface area contributed by atoms with E-state index in [-0.39, 0.29) is 127 Å². The number of hydrogen-bond donors (Lipinski definition) is 7. The molecule has 8 N–H and O–H groups in total. The first-order chi connectivity index (χ1) is 62.8. The molecule has 0 aliphatic heterocycles. The van der Waals surface area contributed by atoms with Crippen molar-refractivity contribution in [3.8, 4) is 132 Å². The third-order valence-electron chi connectivity index (χ3n) is 15.6. The summed E-state index contributed by atoms with van der Waals surface area (Å²) in [4.78, 5) is 104. The number of hydrogen-bond acceptors (Lipinski definition) is 36. The van der Waals surface area contributed by atoms with Crippen LogP contribution in [0.5, 0.6) is 34.5 Å². The van der Waals surface area contributed by atoms with E-state index in [1.807, 2.05) is 0 Å². The van der Waals surface area contributed by atoms with Gasteiger partial charge in [-0.25, -0.2) is 55.1 Å². The van der Waals surface area contributed by atoms with Gasteiger partial charge in [-0.15, -0.1) is 0 Å². The highest BCUT2D eigenvalue weighted by atomic mass is 35.5. The molecule has 0 radical (unpaired) electrons.